The van der Waals surface area contributed by atoms with Crippen molar-refractivity contribution in [2.45, 2.75) is 203 Å². The molecule has 19 nitrogen and oxygen atoms in total. The molecule has 0 unspecified atom stereocenters. The SMILES string of the molecule is C=C1CO[C@@H]2[C@@H](C)C(N)=C(C)C[C@@](C)(OC1)[C@H](O[C@@H]1O[C@H](C)C[C@H](N(C)CCc3cn([C@H](CF)Cc4ccc(S(C)(=O)=O)cc4)nn3)[C@H]1O)[C@@H](C)[C@H](O[C@H]1C[C@@](C)(OC)[C@@H](O)[C@H](C)O1)[C@@H](C)C(=O)O[C@H](CC)[C@@]2(C)O. The van der Waals surface area contributed by atoms with Gasteiger partial charge in [-0.25, -0.2) is 17.5 Å². The zero-order valence-corrected chi connectivity index (χ0v) is 47.1. The third-order valence-corrected chi connectivity index (χ3v) is 17.5. The molecule has 2 saturated heterocycles. The van der Waals surface area contributed by atoms with Crippen LogP contribution in [-0.2, 0) is 65.4 Å². The quantitative estimate of drug-likeness (QED) is 0.138. The minimum atomic E-state index is -3.38. The summed E-state index contributed by atoms with van der Waals surface area (Å²) in [7, 11) is 0.0262. The Labute approximate surface area is 443 Å². The number of sulfone groups is 1. The summed E-state index contributed by atoms with van der Waals surface area (Å²) < 4.78 is 92.5. The highest BCUT2D eigenvalue weighted by atomic mass is 32.2. The van der Waals surface area contributed by atoms with E-state index in [4.69, 9.17) is 43.6 Å². The molecule has 2 bridgehead atoms. The lowest BCUT2D eigenvalue weighted by molar-refractivity contribution is -0.319. The minimum Gasteiger partial charge on any atom is -0.459 e. The highest BCUT2D eigenvalue weighted by Gasteiger charge is 2.54. The molecule has 2 fully saturated rings. The van der Waals surface area contributed by atoms with E-state index in [0.717, 1.165) is 17.4 Å². The van der Waals surface area contributed by atoms with E-state index in [9.17, 15) is 32.9 Å². The molecule has 5 heterocycles. The molecule has 0 radical (unpaired) electrons. The Morgan fingerprint density at radius 2 is 1.73 bits per heavy atom. The van der Waals surface area contributed by atoms with Crippen LogP contribution in [0.4, 0.5) is 4.39 Å². The second kappa shape index (κ2) is 24.7. The van der Waals surface area contributed by atoms with E-state index in [1.54, 1.807) is 46.0 Å². The number of halogens is 1. The van der Waals surface area contributed by atoms with E-state index in [0.29, 0.717) is 36.4 Å². The fourth-order valence-electron chi connectivity index (χ4n) is 11.5. The Bertz CT molecular complexity index is 2390. The summed E-state index contributed by atoms with van der Waals surface area (Å²) in [6.07, 6.45) is -5.10. The molecule has 5 N–H and O–H groups in total. The molecular formula is C54H86FN5O14S. The number of aliphatic hydroxyl groups is 3. The third-order valence-electron chi connectivity index (χ3n) is 16.3. The molecule has 21 heteroatoms. The maximum absolute atomic E-state index is 14.7. The van der Waals surface area contributed by atoms with Gasteiger partial charge < -0.3 is 63.8 Å². The lowest BCUT2D eigenvalue weighted by Crippen LogP contribution is -2.61. The average Bonchev–Trinajstić information content (AvgIpc) is 3.83. The van der Waals surface area contributed by atoms with Crippen molar-refractivity contribution in [3.05, 3.63) is 65.1 Å². The number of nitrogens with zero attached hydrogens (tertiary/aromatic N) is 4. The molecular weight excluding hydrogens is 994 g/mol. The summed E-state index contributed by atoms with van der Waals surface area (Å²) in [5.41, 5.74) is 6.08. The molecule has 2 aromatic rings. The van der Waals surface area contributed by atoms with Crippen molar-refractivity contribution in [2.75, 3.05) is 46.8 Å². The van der Waals surface area contributed by atoms with Crippen LogP contribution in [0.5, 0.6) is 0 Å². The van der Waals surface area contributed by atoms with Crippen molar-refractivity contribution in [3.63, 3.8) is 0 Å². The molecule has 1 aromatic carbocycles. The van der Waals surface area contributed by atoms with Gasteiger partial charge in [0, 0.05) is 68.9 Å². The average molecular weight is 1080 g/mol. The first kappa shape index (κ1) is 60.8. The number of methoxy groups -OCH3 is 1. The van der Waals surface area contributed by atoms with E-state index in [1.165, 1.54) is 23.9 Å². The van der Waals surface area contributed by atoms with Crippen LogP contribution in [0, 0.1) is 17.8 Å². The summed E-state index contributed by atoms with van der Waals surface area (Å²) in [5.74, 6) is -3.04. The first-order valence-electron chi connectivity index (χ1n) is 26.4. The molecule has 0 aliphatic carbocycles. The molecule has 6 rings (SSSR count). The van der Waals surface area contributed by atoms with Gasteiger partial charge in [0.25, 0.3) is 0 Å². The number of hydrogen-bond acceptors (Lipinski definition) is 18. The number of likely N-dealkylation sites (N-methyl/N-ethyl adjacent to an activating group) is 1. The lowest BCUT2D eigenvalue weighted by atomic mass is 9.76. The number of rotatable bonds is 15. The standard InChI is InChI=1S/C54H86FN5O14S/c1-15-42-54(11,64)49-33(5)44(56)31(3)24-53(10,69-29-30(2)28-68-49)48(34(6)46(35(7)50(63)72-42)73-43-25-52(9,67-13)47(62)36(8)71-43)74-51-45(61)41(22-32(4)70-51)59(12)21-20-38-27-60(58-57-38)39(26-55)23-37-16-18-40(19-17-37)75(14,65)66/h16-19,27,32-36,39,41-43,45-49,51,61-62,64H,2,15,20-26,28-29,56H2,1,3-14H3/t32-,33+,34+,35-,36+,39+,41+,42-,43+,45-,46+,47+,48-,49-,51+,52-,53-,54-/m1/s1. The van der Waals surface area contributed by atoms with Gasteiger partial charge >= 0.3 is 5.97 Å². The Hall–Kier alpha value is -3.45. The van der Waals surface area contributed by atoms with Gasteiger partial charge in [-0.15, -0.1) is 5.10 Å². The monoisotopic (exact) mass is 1080 g/mol. The summed E-state index contributed by atoms with van der Waals surface area (Å²) in [5, 5.41) is 44.7. The number of esters is 1. The second-order valence-electron chi connectivity index (χ2n) is 22.5. The normalized spacial score (nSPS) is 38.4. The highest BCUT2D eigenvalue weighted by molar-refractivity contribution is 7.90. The number of carbonyl (C=O) groups excluding carboxylic acids is 1. The van der Waals surface area contributed by atoms with Gasteiger partial charge in [-0.1, -0.05) is 50.3 Å². The molecule has 424 valence electrons. The van der Waals surface area contributed by atoms with Crippen molar-refractivity contribution in [3.8, 4) is 0 Å². The Morgan fingerprint density at radius 3 is 2.36 bits per heavy atom. The Morgan fingerprint density at radius 1 is 1.05 bits per heavy atom. The number of carbonyl (C=O) groups is 1. The summed E-state index contributed by atoms with van der Waals surface area (Å²) in [6.45, 7) is 22.1. The number of aromatic nitrogens is 3. The first-order valence-corrected chi connectivity index (χ1v) is 28.3. The van der Waals surface area contributed by atoms with Crippen LogP contribution in [0.25, 0.3) is 0 Å². The number of hydrogen-bond donors (Lipinski definition) is 4. The van der Waals surface area contributed by atoms with Crippen LogP contribution in [0.2, 0.25) is 0 Å². The van der Waals surface area contributed by atoms with Gasteiger partial charge in [-0.05, 0) is 98.0 Å². The molecule has 75 heavy (non-hydrogen) atoms. The van der Waals surface area contributed by atoms with Gasteiger partial charge in [0.15, 0.2) is 22.4 Å². The van der Waals surface area contributed by atoms with E-state index >= 15 is 0 Å². The van der Waals surface area contributed by atoms with E-state index in [1.807, 2.05) is 53.5 Å². The Balaban J connectivity index is 1.34. The van der Waals surface area contributed by atoms with Crippen molar-refractivity contribution < 1.29 is 70.8 Å². The van der Waals surface area contributed by atoms with Crippen molar-refractivity contribution >= 4 is 15.8 Å². The number of benzene rings is 1. The first-order chi connectivity index (χ1) is 35.1. The van der Waals surface area contributed by atoms with Gasteiger partial charge in [0.2, 0.25) is 0 Å². The van der Waals surface area contributed by atoms with Crippen LogP contribution in [-0.4, -0.2) is 181 Å². The molecule has 1 aromatic heterocycles. The number of nitrogens with two attached hydrogens (primary N) is 1. The zero-order valence-electron chi connectivity index (χ0n) is 46.3. The zero-order chi connectivity index (χ0) is 55.5. The smallest absolute Gasteiger partial charge is 0.311 e. The van der Waals surface area contributed by atoms with Crippen LogP contribution >= 0.6 is 0 Å². The molecule has 0 saturated carbocycles. The van der Waals surface area contributed by atoms with Gasteiger partial charge in [0.05, 0.1) is 77.5 Å². The Kier molecular flexibility index (Phi) is 20.0. The third kappa shape index (κ3) is 13.9. The maximum Gasteiger partial charge on any atom is 0.311 e. The van der Waals surface area contributed by atoms with Crippen LogP contribution in [0.3, 0.4) is 0 Å². The number of alkyl halides is 1. The number of cyclic esters (lactones) is 1. The lowest BCUT2D eigenvalue weighted by Gasteiger charge is -2.50. The van der Waals surface area contributed by atoms with Crippen LogP contribution in [0.15, 0.2) is 58.8 Å². The van der Waals surface area contributed by atoms with Crippen LogP contribution < -0.4 is 5.73 Å². The van der Waals surface area contributed by atoms with Gasteiger partial charge in [-0.3, -0.25) is 4.79 Å². The van der Waals surface area contributed by atoms with Crippen molar-refractivity contribution in [1.82, 2.24) is 19.9 Å². The molecule has 4 aliphatic rings. The number of ether oxygens (including phenoxy) is 8. The second-order valence-corrected chi connectivity index (χ2v) is 24.6. The fraction of sp³-hybridized carbons (Fsp3) is 0.759. The largest absolute Gasteiger partial charge is 0.459 e. The van der Waals surface area contributed by atoms with E-state index < -0.39 is 131 Å². The number of fused-ring (bicyclic) bond motifs is 4. The molecule has 0 spiro atoms. The minimum absolute atomic E-state index is 0.00539. The maximum atomic E-state index is 14.7. The van der Waals surface area contributed by atoms with Crippen LogP contribution in [0.1, 0.15) is 112 Å². The molecule has 4 aliphatic heterocycles. The predicted molar refractivity (Wildman–Crippen MR) is 277 cm³/mol. The topological polar surface area (TPSA) is 246 Å². The van der Waals surface area contributed by atoms with E-state index in [-0.39, 0.29) is 43.8 Å². The summed E-state index contributed by atoms with van der Waals surface area (Å²) >= 11 is 0. The summed E-state index contributed by atoms with van der Waals surface area (Å²) in [6, 6.07) is 5.21. The summed E-state index contributed by atoms with van der Waals surface area (Å²) in [4.78, 5) is 16.9. The predicted octanol–water partition coefficient (Wildman–Crippen LogP) is 4.79. The van der Waals surface area contributed by atoms with Gasteiger partial charge in [0.1, 0.15) is 30.6 Å². The number of aliphatic hydroxyl groups excluding tert-OH is 2. The molecule has 18 atom stereocenters. The van der Waals surface area contributed by atoms with Crippen molar-refractivity contribution in [1.29, 1.82) is 0 Å². The fourth-order valence-corrected chi connectivity index (χ4v) is 12.2. The van der Waals surface area contributed by atoms with Gasteiger partial charge in [-0.2, -0.15) is 0 Å². The highest BCUT2D eigenvalue weighted by Crippen LogP contribution is 2.43. The van der Waals surface area contributed by atoms with E-state index in [2.05, 4.69) is 16.9 Å². The van der Waals surface area contributed by atoms with Crippen molar-refractivity contribution in [2.24, 2.45) is 23.5 Å². The molecule has 0 amide bonds.